The summed E-state index contributed by atoms with van der Waals surface area (Å²) >= 11 is 0. The summed E-state index contributed by atoms with van der Waals surface area (Å²) in [6.45, 7) is 8.71. The number of carbonyl (C=O) groups excluding carboxylic acids is 1. The zero-order valence-corrected chi connectivity index (χ0v) is 25.6. The maximum Gasteiger partial charge on any atom is 0.410 e. The van der Waals surface area contributed by atoms with Crippen molar-refractivity contribution in [3.63, 3.8) is 0 Å². The average Bonchev–Trinajstić information content (AvgIpc) is 2.95. The molecule has 1 N–H and O–H groups in total. The topological polar surface area (TPSA) is 147 Å². The van der Waals surface area contributed by atoms with E-state index in [1.54, 1.807) is 17.9 Å². The lowest BCUT2D eigenvalue weighted by molar-refractivity contribution is 0.0178. The minimum atomic E-state index is -3.99. The molecule has 1 amide bonds. The number of nitriles is 1. The molecule has 0 bridgehead atoms. The average molecular weight is 615 g/mol. The second kappa shape index (κ2) is 12.6. The molecule has 3 aromatic rings. The van der Waals surface area contributed by atoms with Crippen LogP contribution in [-0.4, -0.2) is 65.6 Å². The van der Waals surface area contributed by atoms with E-state index >= 15 is 0 Å². The molecule has 0 atom stereocenters. The molecule has 0 radical (unpaired) electrons. The van der Waals surface area contributed by atoms with E-state index in [4.69, 9.17) is 9.47 Å². The van der Waals surface area contributed by atoms with E-state index < -0.39 is 27.4 Å². The number of ether oxygens (including phenoxy) is 2. The van der Waals surface area contributed by atoms with Crippen molar-refractivity contribution < 1.29 is 27.1 Å². The predicted molar refractivity (Wildman–Crippen MR) is 159 cm³/mol. The van der Waals surface area contributed by atoms with Gasteiger partial charge in [-0.05, 0) is 69.9 Å². The number of hydrogen-bond acceptors (Lipinski definition) is 8. The van der Waals surface area contributed by atoms with Crippen LogP contribution in [0.3, 0.4) is 0 Å². The van der Waals surface area contributed by atoms with E-state index in [-0.39, 0.29) is 46.5 Å². The summed E-state index contributed by atoms with van der Waals surface area (Å²) < 4.78 is 55.9. The zero-order chi connectivity index (χ0) is 31.5. The van der Waals surface area contributed by atoms with Gasteiger partial charge in [-0.15, -0.1) is 0 Å². The molecule has 1 fully saturated rings. The Morgan fingerprint density at radius 2 is 1.93 bits per heavy atom. The van der Waals surface area contributed by atoms with Crippen molar-refractivity contribution in [1.82, 2.24) is 18.8 Å². The molecule has 1 aromatic heterocycles. The third-order valence-electron chi connectivity index (χ3n) is 7.05. The number of piperidine rings is 1. The summed E-state index contributed by atoms with van der Waals surface area (Å²) in [4.78, 5) is 31.8. The molecule has 2 heterocycles. The number of likely N-dealkylation sites (tertiary alicyclic amines) is 1. The maximum absolute atomic E-state index is 14.9. The van der Waals surface area contributed by atoms with Crippen molar-refractivity contribution in [2.45, 2.75) is 52.7 Å². The molecule has 2 aromatic carbocycles. The lowest BCUT2D eigenvalue weighted by atomic mass is 9.97. The quantitative estimate of drug-likeness (QED) is 0.391. The Morgan fingerprint density at radius 1 is 1.23 bits per heavy atom. The molecule has 4 rings (SSSR count). The van der Waals surface area contributed by atoms with Crippen LogP contribution < -0.4 is 15.0 Å². The summed E-state index contributed by atoms with van der Waals surface area (Å²) in [5, 5.41) is 9.99. The normalized spacial score (nSPS) is 14.5. The number of carbonyl (C=O) groups is 1. The van der Waals surface area contributed by atoms with Gasteiger partial charge in [0.15, 0.2) is 11.6 Å². The Kier molecular flexibility index (Phi) is 9.26. The number of nitrogens with zero attached hydrogens (tertiary/aromatic N) is 5. The van der Waals surface area contributed by atoms with Crippen LogP contribution in [0.2, 0.25) is 0 Å². The van der Waals surface area contributed by atoms with Gasteiger partial charge in [0.25, 0.3) is 5.56 Å². The van der Waals surface area contributed by atoms with Gasteiger partial charge in [-0.2, -0.15) is 18.0 Å². The van der Waals surface area contributed by atoms with Gasteiger partial charge >= 0.3 is 16.3 Å². The number of nitrogens with one attached hydrogen (secondary N) is 1. The first kappa shape index (κ1) is 31.7. The Balaban J connectivity index is 1.54. The number of benzene rings is 2. The number of fused-ring (bicyclic) bond motifs is 1. The van der Waals surface area contributed by atoms with Crippen LogP contribution in [0.5, 0.6) is 11.5 Å². The number of amides is 1. The molecule has 0 unspecified atom stereocenters. The van der Waals surface area contributed by atoms with Crippen LogP contribution in [0.25, 0.3) is 10.9 Å². The van der Waals surface area contributed by atoms with Gasteiger partial charge in [-0.3, -0.25) is 14.1 Å². The van der Waals surface area contributed by atoms with Gasteiger partial charge in [0.2, 0.25) is 0 Å². The summed E-state index contributed by atoms with van der Waals surface area (Å²) in [6.07, 6.45) is 2.51. The van der Waals surface area contributed by atoms with Crippen molar-refractivity contribution in [2.24, 2.45) is 5.92 Å². The maximum atomic E-state index is 14.9. The first-order valence-electron chi connectivity index (χ1n) is 13.8. The van der Waals surface area contributed by atoms with Gasteiger partial charge in [0.05, 0.1) is 22.9 Å². The lowest BCUT2D eigenvalue weighted by Gasteiger charge is -2.33. The predicted octanol–water partition coefficient (Wildman–Crippen LogP) is 4.46. The van der Waals surface area contributed by atoms with Crippen LogP contribution >= 0.6 is 0 Å². The van der Waals surface area contributed by atoms with E-state index in [0.29, 0.717) is 38.0 Å². The highest BCUT2D eigenvalue weighted by atomic mass is 32.2. The van der Waals surface area contributed by atoms with Crippen LogP contribution in [0, 0.1) is 23.1 Å². The molecule has 0 saturated carbocycles. The van der Waals surface area contributed by atoms with Gasteiger partial charge in [0.1, 0.15) is 23.0 Å². The Labute approximate surface area is 249 Å². The van der Waals surface area contributed by atoms with E-state index in [9.17, 15) is 27.7 Å². The molecule has 1 saturated heterocycles. The second-order valence-electron chi connectivity index (χ2n) is 11.3. The van der Waals surface area contributed by atoms with Crippen LogP contribution in [0.15, 0.2) is 41.5 Å². The molecule has 1 aliphatic heterocycles. The Morgan fingerprint density at radius 3 is 2.56 bits per heavy atom. The summed E-state index contributed by atoms with van der Waals surface area (Å²) in [5.74, 6) is -1.16. The standard InChI is InChI=1S/C29H35FN6O6S/c1-6-34(5)43(39,40)33-25-10-8-23(30)26(22(25)16-31)41-20-7-9-24-21(15-20)27(37)36(18-32-24)17-19-11-13-35(14-12-19)28(38)42-29(2,3)4/h7-10,15,18-19,33H,6,11-14,17H2,1-5H3. The Hall–Kier alpha value is -4.22. The van der Waals surface area contributed by atoms with E-state index in [2.05, 4.69) is 9.71 Å². The van der Waals surface area contributed by atoms with Crippen molar-refractivity contribution >= 4 is 32.9 Å². The fourth-order valence-corrected chi connectivity index (χ4v) is 5.54. The summed E-state index contributed by atoms with van der Waals surface area (Å²) in [6, 6.07) is 8.37. The fraction of sp³-hybridized carbons (Fsp3) is 0.448. The number of aromatic nitrogens is 2. The first-order chi connectivity index (χ1) is 20.2. The monoisotopic (exact) mass is 614 g/mol. The van der Waals surface area contributed by atoms with Crippen LogP contribution in [0.1, 0.15) is 46.1 Å². The molecular formula is C29H35FN6O6S. The van der Waals surface area contributed by atoms with Crippen molar-refractivity contribution in [2.75, 3.05) is 31.4 Å². The van der Waals surface area contributed by atoms with Gasteiger partial charge in [-0.25, -0.2) is 14.2 Å². The van der Waals surface area contributed by atoms with E-state index in [0.717, 1.165) is 16.4 Å². The third kappa shape index (κ3) is 7.41. The van der Waals surface area contributed by atoms with Crippen molar-refractivity contribution in [1.29, 1.82) is 5.26 Å². The smallest absolute Gasteiger partial charge is 0.410 e. The molecule has 43 heavy (non-hydrogen) atoms. The van der Waals surface area contributed by atoms with E-state index in [1.165, 1.54) is 30.1 Å². The molecule has 0 aliphatic carbocycles. The van der Waals surface area contributed by atoms with Gasteiger partial charge < -0.3 is 14.4 Å². The van der Waals surface area contributed by atoms with Gasteiger partial charge in [0, 0.05) is 33.2 Å². The first-order valence-corrected chi connectivity index (χ1v) is 15.3. The lowest BCUT2D eigenvalue weighted by Crippen LogP contribution is -2.42. The van der Waals surface area contributed by atoms with Crippen molar-refractivity contribution in [3.8, 4) is 17.6 Å². The minimum absolute atomic E-state index is 0.0657. The number of rotatable bonds is 8. The molecule has 230 valence electrons. The number of anilines is 1. The highest BCUT2D eigenvalue weighted by molar-refractivity contribution is 7.90. The number of halogens is 1. The fourth-order valence-electron chi connectivity index (χ4n) is 4.59. The number of hydrogen-bond donors (Lipinski definition) is 1. The largest absolute Gasteiger partial charge is 0.453 e. The SMILES string of the molecule is CCN(C)S(=O)(=O)Nc1ccc(F)c(Oc2ccc3ncn(CC4CCN(C(=O)OC(C)(C)C)CC4)c(=O)c3c2)c1C#N. The molecule has 14 heteroatoms. The third-order valence-corrected chi connectivity index (χ3v) is 8.61. The van der Waals surface area contributed by atoms with Crippen LogP contribution in [-0.2, 0) is 21.5 Å². The van der Waals surface area contributed by atoms with Crippen molar-refractivity contribution in [3.05, 3.63) is 58.4 Å². The highest BCUT2D eigenvalue weighted by Crippen LogP contribution is 2.34. The van der Waals surface area contributed by atoms with Gasteiger partial charge in [-0.1, -0.05) is 6.92 Å². The Bertz CT molecular complexity index is 1720. The molecule has 0 spiro atoms. The molecular weight excluding hydrogens is 579 g/mol. The molecule has 12 nitrogen and oxygen atoms in total. The summed E-state index contributed by atoms with van der Waals surface area (Å²) in [7, 11) is -2.63. The minimum Gasteiger partial charge on any atom is -0.453 e. The van der Waals surface area contributed by atoms with Crippen LogP contribution in [0.4, 0.5) is 14.9 Å². The summed E-state index contributed by atoms with van der Waals surface area (Å²) in [5.41, 5.74) is -1.00. The van der Waals surface area contributed by atoms with E-state index in [1.807, 2.05) is 26.8 Å². The molecule has 1 aliphatic rings. The second-order valence-corrected chi connectivity index (χ2v) is 13.1. The highest BCUT2D eigenvalue weighted by Gasteiger charge is 2.27. The zero-order valence-electron chi connectivity index (χ0n) is 24.8.